The first-order valence-electron chi connectivity index (χ1n) is 5.54. The maximum Gasteiger partial charge on any atom is 0.326 e. The minimum absolute atomic E-state index is 0.0749. The molecular formula is C11H19NO3. The van der Waals surface area contributed by atoms with Gasteiger partial charge in [-0.1, -0.05) is 13.8 Å². The molecule has 4 heteroatoms. The van der Waals surface area contributed by atoms with Crippen molar-refractivity contribution in [1.82, 2.24) is 5.32 Å². The zero-order chi connectivity index (χ0) is 11.4. The number of nitrogens with one attached hydrogen (secondary N) is 1. The van der Waals surface area contributed by atoms with E-state index >= 15 is 0 Å². The minimum atomic E-state index is -0.926. The Balaban J connectivity index is 2.35. The van der Waals surface area contributed by atoms with Gasteiger partial charge in [0.15, 0.2) is 0 Å². The third kappa shape index (κ3) is 4.32. The number of carbonyl (C=O) groups is 2. The average Bonchev–Trinajstić information content (AvgIpc) is 2.93. The lowest BCUT2D eigenvalue weighted by atomic mass is 10.0. The van der Waals surface area contributed by atoms with Crippen molar-refractivity contribution in [1.29, 1.82) is 0 Å². The van der Waals surface area contributed by atoms with Gasteiger partial charge in [-0.25, -0.2) is 4.79 Å². The molecule has 86 valence electrons. The Morgan fingerprint density at radius 3 is 2.33 bits per heavy atom. The van der Waals surface area contributed by atoms with Crippen molar-refractivity contribution in [2.75, 3.05) is 0 Å². The Labute approximate surface area is 90.0 Å². The van der Waals surface area contributed by atoms with E-state index in [0.717, 1.165) is 19.3 Å². The standard InChI is InChI=1S/C11H19NO3/c1-7(2)3-6-9(11(14)15)12-10(13)8-4-5-8/h7-9H,3-6H2,1-2H3,(H,12,13)(H,14,15). The van der Waals surface area contributed by atoms with Crippen LogP contribution in [0.1, 0.15) is 39.5 Å². The summed E-state index contributed by atoms with van der Waals surface area (Å²) in [6, 6.07) is -0.708. The van der Waals surface area contributed by atoms with Gasteiger partial charge in [-0.2, -0.15) is 0 Å². The average molecular weight is 213 g/mol. The van der Waals surface area contributed by atoms with E-state index in [4.69, 9.17) is 5.11 Å². The van der Waals surface area contributed by atoms with E-state index in [1.54, 1.807) is 0 Å². The smallest absolute Gasteiger partial charge is 0.326 e. The topological polar surface area (TPSA) is 66.4 Å². The Kier molecular flexibility index (Phi) is 4.12. The molecule has 0 bridgehead atoms. The van der Waals surface area contributed by atoms with E-state index < -0.39 is 12.0 Å². The highest BCUT2D eigenvalue weighted by Gasteiger charge is 2.32. The maximum atomic E-state index is 11.4. The monoisotopic (exact) mass is 213 g/mol. The molecular weight excluding hydrogens is 194 g/mol. The van der Waals surface area contributed by atoms with Crippen LogP contribution in [0.25, 0.3) is 0 Å². The first kappa shape index (κ1) is 12.0. The van der Waals surface area contributed by atoms with E-state index in [9.17, 15) is 9.59 Å². The van der Waals surface area contributed by atoms with Crippen molar-refractivity contribution in [3.63, 3.8) is 0 Å². The second kappa shape index (κ2) is 5.14. The lowest BCUT2D eigenvalue weighted by molar-refractivity contribution is -0.142. The fourth-order valence-corrected chi connectivity index (χ4v) is 1.39. The fraction of sp³-hybridized carbons (Fsp3) is 0.818. The molecule has 1 aliphatic rings. The first-order chi connectivity index (χ1) is 7.00. The van der Waals surface area contributed by atoms with Crippen LogP contribution in [0.4, 0.5) is 0 Å². The largest absolute Gasteiger partial charge is 0.480 e. The van der Waals surface area contributed by atoms with E-state index in [2.05, 4.69) is 5.32 Å². The summed E-state index contributed by atoms with van der Waals surface area (Å²) in [6.07, 6.45) is 3.15. The molecule has 4 nitrogen and oxygen atoms in total. The van der Waals surface area contributed by atoms with Crippen molar-refractivity contribution in [2.24, 2.45) is 11.8 Å². The van der Waals surface area contributed by atoms with Crippen molar-refractivity contribution in [2.45, 2.75) is 45.6 Å². The molecule has 0 aliphatic heterocycles. The predicted molar refractivity (Wildman–Crippen MR) is 56.4 cm³/mol. The molecule has 0 radical (unpaired) electrons. The van der Waals surface area contributed by atoms with Crippen LogP contribution in [0.15, 0.2) is 0 Å². The first-order valence-corrected chi connectivity index (χ1v) is 5.54. The third-order valence-electron chi connectivity index (χ3n) is 2.60. The van der Waals surface area contributed by atoms with Crippen LogP contribution >= 0.6 is 0 Å². The zero-order valence-corrected chi connectivity index (χ0v) is 9.32. The van der Waals surface area contributed by atoms with E-state index in [1.807, 2.05) is 13.8 Å². The molecule has 1 atom stereocenters. The molecule has 0 spiro atoms. The molecule has 0 saturated heterocycles. The summed E-state index contributed by atoms with van der Waals surface area (Å²) in [5, 5.41) is 11.5. The second-order valence-corrected chi connectivity index (χ2v) is 4.64. The van der Waals surface area contributed by atoms with Gasteiger partial charge in [0.05, 0.1) is 0 Å². The third-order valence-corrected chi connectivity index (χ3v) is 2.60. The van der Waals surface area contributed by atoms with Crippen LogP contribution in [0, 0.1) is 11.8 Å². The molecule has 0 heterocycles. The van der Waals surface area contributed by atoms with Gasteiger partial charge in [0, 0.05) is 5.92 Å². The molecule has 1 aliphatic carbocycles. The molecule has 0 aromatic rings. The predicted octanol–water partition coefficient (Wildman–Crippen LogP) is 1.40. The van der Waals surface area contributed by atoms with Crippen molar-refractivity contribution in [3.05, 3.63) is 0 Å². The number of carboxylic acid groups (broad SMARTS) is 1. The lowest BCUT2D eigenvalue weighted by Gasteiger charge is -2.15. The van der Waals surface area contributed by atoms with Crippen LogP contribution in [0.2, 0.25) is 0 Å². The molecule has 15 heavy (non-hydrogen) atoms. The number of rotatable bonds is 6. The summed E-state index contributed by atoms with van der Waals surface area (Å²) in [5.41, 5.74) is 0. The quantitative estimate of drug-likeness (QED) is 0.701. The van der Waals surface area contributed by atoms with Crippen LogP contribution in [-0.4, -0.2) is 23.0 Å². The van der Waals surface area contributed by atoms with Gasteiger partial charge in [-0.15, -0.1) is 0 Å². The highest BCUT2D eigenvalue weighted by Crippen LogP contribution is 2.29. The number of hydrogen-bond donors (Lipinski definition) is 2. The SMILES string of the molecule is CC(C)CCC(NC(=O)C1CC1)C(=O)O. The molecule has 0 aromatic carbocycles. The van der Waals surface area contributed by atoms with Gasteiger partial charge in [-0.3, -0.25) is 4.79 Å². The van der Waals surface area contributed by atoms with Crippen molar-refractivity contribution in [3.8, 4) is 0 Å². The summed E-state index contributed by atoms with van der Waals surface area (Å²) in [6.45, 7) is 4.09. The molecule has 2 N–H and O–H groups in total. The van der Waals surface area contributed by atoms with Crippen LogP contribution < -0.4 is 5.32 Å². The Bertz CT molecular complexity index is 246. The number of carboxylic acids is 1. The number of amides is 1. The van der Waals surface area contributed by atoms with Gasteiger partial charge >= 0.3 is 5.97 Å². The highest BCUT2D eigenvalue weighted by molar-refractivity contribution is 5.86. The van der Waals surface area contributed by atoms with Crippen molar-refractivity contribution >= 4 is 11.9 Å². The van der Waals surface area contributed by atoms with E-state index in [-0.39, 0.29) is 11.8 Å². The van der Waals surface area contributed by atoms with Gasteiger partial charge < -0.3 is 10.4 Å². The minimum Gasteiger partial charge on any atom is -0.480 e. The van der Waals surface area contributed by atoms with Crippen LogP contribution in [-0.2, 0) is 9.59 Å². The Hall–Kier alpha value is -1.06. The van der Waals surface area contributed by atoms with Crippen molar-refractivity contribution < 1.29 is 14.7 Å². The number of aliphatic carboxylic acids is 1. The molecule has 1 fully saturated rings. The summed E-state index contributed by atoms with van der Waals surface area (Å²) in [5.74, 6) is -0.480. The second-order valence-electron chi connectivity index (χ2n) is 4.64. The lowest BCUT2D eigenvalue weighted by Crippen LogP contribution is -2.41. The molecule has 0 aromatic heterocycles. The fourth-order valence-electron chi connectivity index (χ4n) is 1.39. The zero-order valence-electron chi connectivity index (χ0n) is 9.32. The molecule has 1 amide bonds. The number of carbonyl (C=O) groups excluding carboxylic acids is 1. The molecule has 1 rings (SSSR count). The maximum absolute atomic E-state index is 11.4. The Morgan fingerprint density at radius 2 is 1.93 bits per heavy atom. The highest BCUT2D eigenvalue weighted by atomic mass is 16.4. The normalized spacial score (nSPS) is 17.5. The summed E-state index contributed by atoms with van der Waals surface area (Å²) >= 11 is 0. The van der Waals surface area contributed by atoms with Gasteiger partial charge in [-0.05, 0) is 31.6 Å². The Morgan fingerprint density at radius 1 is 1.33 bits per heavy atom. The van der Waals surface area contributed by atoms with Crippen LogP contribution in [0.5, 0.6) is 0 Å². The van der Waals surface area contributed by atoms with Gasteiger partial charge in [0.1, 0.15) is 6.04 Å². The van der Waals surface area contributed by atoms with Gasteiger partial charge in [0.2, 0.25) is 5.91 Å². The number of hydrogen-bond acceptors (Lipinski definition) is 2. The van der Waals surface area contributed by atoms with Crippen LogP contribution in [0.3, 0.4) is 0 Å². The van der Waals surface area contributed by atoms with E-state index in [0.29, 0.717) is 12.3 Å². The summed E-state index contributed by atoms with van der Waals surface area (Å²) in [7, 11) is 0. The summed E-state index contributed by atoms with van der Waals surface area (Å²) < 4.78 is 0. The van der Waals surface area contributed by atoms with Gasteiger partial charge in [0.25, 0.3) is 0 Å². The summed E-state index contributed by atoms with van der Waals surface area (Å²) in [4.78, 5) is 22.3. The molecule has 1 unspecified atom stereocenters. The molecule has 1 saturated carbocycles. The van der Waals surface area contributed by atoms with E-state index in [1.165, 1.54) is 0 Å².